The van der Waals surface area contributed by atoms with Crippen molar-refractivity contribution < 1.29 is 18.7 Å². The van der Waals surface area contributed by atoms with Crippen LogP contribution in [0, 0.1) is 0 Å². The highest BCUT2D eigenvalue weighted by molar-refractivity contribution is 5.92. The molecule has 27 heavy (non-hydrogen) atoms. The lowest BCUT2D eigenvalue weighted by Crippen LogP contribution is -2.35. The highest BCUT2D eigenvalue weighted by Gasteiger charge is 2.15. The summed E-state index contributed by atoms with van der Waals surface area (Å²) in [4.78, 5) is 14.4. The van der Waals surface area contributed by atoms with Crippen LogP contribution in [0.1, 0.15) is 35.7 Å². The van der Waals surface area contributed by atoms with Gasteiger partial charge in [0.2, 0.25) is 0 Å². The van der Waals surface area contributed by atoms with Crippen LogP contribution in [-0.4, -0.2) is 49.4 Å². The minimum absolute atomic E-state index is 0.130. The van der Waals surface area contributed by atoms with Crippen molar-refractivity contribution in [1.29, 1.82) is 0 Å². The average Bonchev–Trinajstić information content (AvgIpc) is 3.12. The lowest BCUT2D eigenvalue weighted by atomic mass is 10.2. The maximum atomic E-state index is 12.1. The van der Waals surface area contributed by atoms with Crippen molar-refractivity contribution in [3.8, 4) is 5.75 Å². The molecule has 1 saturated heterocycles. The molecule has 0 atom stereocenters. The van der Waals surface area contributed by atoms with E-state index in [1.54, 1.807) is 12.3 Å². The second-order valence-electron chi connectivity index (χ2n) is 6.59. The summed E-state index contributed by atoms with van der Waals surface area (Å²) in [6.45, 7) is 7.82. The molecule has 0 unspecified atom stereocenters. The van der Waals surface area contributed by atoms with E-state index in [1.165, 1.54) is 0 Å². The van der Waals surface area contributed by atoms with Gasteiger partial charge in [0.25, 0.3) is 0 Å². The van der Waals surface area contributed by atoms with E-state index in [0.29, 0.717) is 6.54 Å². The maximum Gasteiger partial charge on any atom is 0.307 e. The highest BCUT2D eigenvalue weighted by atomic mass is 16.5. The van der Waals surface area contributed by atoms with Crippen LogP contribution in [0.3, 0.4) is 0 Å². The fourth-order valence-electron chi connectivity index (χ4n) is 2.69. The van der Waals surface area contributed by atoms with E-state index in [2.05, 4.69) is 15.4 Å². The van der Waals surface area contributed by atoms with Crippen molar-refractivity contribution in [3.63, 3.8) is 0 Å². The lowest BCUT2D eigenvalue weighted by Gasteiger charge is -2.25. The molecule has 0 aliphatic carbocycles. The maximum absolute atomic E-state index is 12.1. The first-order chi connectivity index (χ1) is 13.1. The van der Waals surface area contributed by atoms with E-state index < -0.39 is 0 Å². The number of nitrogens with one attached hydrogen (secondary N) is 1. The Kier molecular flexibility index (Phi) is 6.62. The number of hydrazone groups is 1. The molecular weight excluding hydrogens is 346 g/mol. The molecule has 1 aliphatic heterocycles. The molecular formula is C20H25N3O4. The fraction of sp³-hybridized carbons (Fsp3) is 0.400. The largest absolute Gasteiger partial charge is 0.491 e. The van der Waals surface area contributed by atoms with Crippen LogP contribution in [-0.2, 0) is 11.3 Å². The first-order valence-electron chi connectivity index (χ1n) is 9.09. The Hall–Kier alpha value is -2.64. The van der Waals surface area contributed by atoms with Crippen molar-refractivity contribution in [1.82, 2.24) is 10.3 Å². The van der Waals surface area contributed by atoms with Gasteiger partial charge in [-0.15, -0.1) is 0 Å². The Morgan fingerprint density at radius 3 is 2.67 bits per heavy atom. The summed E-state index contributed by atoms with van der Waals surface area (Å²) in [6.07, 6.45) is 1.71. The summed E-state index contributed by atoms with van der Waals surface area (Å²) < 4.78 is 16.5. The first kappa shape index (κ1) is 19.1. The third-order valence-corrected chi connectivity index (χ3v) is 4.00. The molecule has 2 aromatic rings. The van der Waals surface area contributed by atoms with Crippen LogP contribution >= 0.6 is 0 Å². The summed E-state index contributed by atoms with van der Waals surface area (Å²) in [5.74, 6) is 1.43. The molecule has 1 aliphatic rings. The van der Waals surface area contributed by atoms with Gasteiger partial charge >= 0.3 is 5.91 Å². The molecule has 1 N–H and O–H groups in total. The first-order valence-corrected chi connectivity index (χ1v) is 9.09. The number of rotatable bonds is 7. The van der Waals surface area contributed by atoms with Gasteiger partial charge in [0.15, 0.2) is 5.76 Å². The van der Waals surface area contributed by atoms with Crippen molar-refractivity contribution >= 4 is 12.1 Å². The van der Waals surface area contributed by atoms with Gasteiger partial charge in [-0.3, -0.25) is 9.69 Å². The van der Waals surface area contributed by atoms with E-state index in [4.69, 9.17) is 13.9 Å². The smallest absolute Gasteiger partial charge is 0.307 e. The van der Waals surface area contributed by atoms with Crippen LogP contribution in [0.5, 0.6) is 5.75 Å². The molecule has 3 rings (SSSR count). The van der Waals surface area contributed by atoms with E-state index >= 15 is 0 Å². The van der Waals surface area contributed by atoms with Gasteiger partial charge < -0.3 is 13.9 Å². The van der Waals surface area contributed by atoms with Crippen molar-refractivity contribution in [2.45, 2.75) is 26.5 Å². The molecule has 2 heterocycles. The number of amides is 1. The molecule has 7 heteroatoms. The third kappa shape index (κ3) is 5.94. The average molecular weight is 371 g/mol. The minimum atomic E-state index is -0.376. The Morgan fingerprint density at radius 2 is 1.96 bits per heavy atom. The zero-order valence-electron chi connectivity index (χ0n) is 15.7. The van der Waals surface area contributed by atoms with Crippen molar-refractivity contribution in [3.05, 3.63) is 53.5 Å². The predicted octanol–water partition coefficient (Wildman–Crippen LogP) is 2.66. The second kappa shape index (κ2) is 9.34. The standard InChI is InChI=1S/C20H25N3O4/c1-15(2)26-17-5-3-16(4-6-17)13-21-22-20(24)19-8-7-18(27-19)14-23-9-11-25-12-10-23/h3-8,13,15H,9-12,14H2,1-2H3,(H,22,24)/b21-13+. The number of nitrogens with zero attached hydrogens (tertiary/aromatic N) is 2. The number of carbonyl (C=O) groups is 1. The number of furan rings is 1. The van der Waals surface area contributed by atoms with Crippen LogP contribution in [0.2, 0.25) is 0 Å². The summed E-state index contributed by atoms with van der Waals surface area (Å²) in [6, 6.07) is 11.0. The highest BCUT2D eigenvalue weighted by Crippen LogP contribution is 2.13. The number of hydrogen-bond donors (Lipinski definition) is 1. The molecule has 0 spiro atoms. The van der Waals surface area contributed by atoms with Gasteiger partial charge in [-0.1, -0.05) is 0 Å². The quantitative estimate of drug-likeness (QED) is 0.598. The van der Waals surface area contributed by atoms with E-state index in [9.17, 15) is 4.79 Å². The number of carbonyl (C=O) groups excluding carboxylic acids is 1. The van der Waals surface area contributed by atoms with Crippen LogP contribution in [0.15, 0.2) is 45.9 Å². The zero-order chi connectivity index (χ0) is 19.1. The van der Waals surface area contributed by atoms with Gasteiger partial charge in [0.05, 0.1) is 32.1 Å². The molecule has 7 nitrogen and oxygen atoms in total. The van der Waals surface area contributed by atoms with Gasteiger partial charge in [-0.2, -0.15) is 5.10 Å². The summed E-state index contributed by atoms with van der Waals surface area (Å²) in [5, 5.41) is 3.98. The number of hydrogen-bond acceptors (Lipinski definition) is 6. The number of ether oxygens (including phenoxy) is 2. The van der Waals surface area contributed by atoms with Crippen molar-refractivity contribution in [2.75, 3.05) is 26.3 Å². The van der Waals surface area contributed by atoms with Crippen LogP contribution < -0.4 is 10.2 Å². The Balaban J connectivity index is 1.49. The summed E-state index contributed by atoms with van der Waals surface area (Å²) in [7, 11) is 0. The second-order valence-corrected chi connectivity index (χ2v) is 6.59. The molecule has 0 radical (unpaired) electrons. The molecule has 1 fully saturated rings. The summed E-state index contributed by atoms with van der Waals surface area (Å²) >= 11 is 0. The van der Waals surface area contributed by atoms with Crippen LogP contribution in [0.25, 0.3) is 0 Å². The van der Waals surface area contributed by atoms with Gasteiger partial charge in [0.1, 0.15) is 11.5 Å². The van der Waals surface area contributed by atoms with E-state index in [0.717, 1.165) is 43.4 Å². The molecule has 1 amide bonds. The van der Waals surface area contributed by atoms with Crippen LogP contribution in [0.4, 0.5) is 0 Å². The molecule has 1 aromatic heterocycles. The Morgan fingerprint density at radius 1 is 1.22 bits per heavy atom. The number of morpholine rings is 1. The predicted molar refractivity (Wildman–Crippen MR) is 102 cm³/mol. The normalized spacial score (nSPS) is 15.4. The lowest BCUT2D eigenvalue weighted by molar-refractivity contribution is 0.0311. The monoisotopic (exact) mass is 371 g/mol. The van der Waals surface area contributed by atoms with Crippen molar-refractivity contribution in [2.24, 2.45) is 5.10 Å². The topological polar surface area (TPSA) is 76.3 Å². The zero-order valence-corrected chi connectivity index (χ0v) is 15.7. The molecule has 0 saturated carbocycles. The molecule has 0 bridgehead atoms. The third-order valence-electron chi connectivity index (χ3n) is 4.00. The molecule has 1 aromatic carbocycles. The number of benzene rings is 1. The SMILES string of the molecule is CC(C)Oc1ccc(/C=N/NC(=O)c2ccc(CN3CCOCC3)o2)cc1. The Labute approximate surface area is 158 Å². The van der Waals surface area contributed by atoms with E-state index in [-0.39, 0.29) is 17.8 Å². The van der Waals surface area contributed by atoms with Gasteiger partial charge in [-0.25, -0.2) is 5.43 Å². The fourth-order valence-corrected chi connectivity index (χ4v) is 2.69. The van der Waals surface area contributed by atoms with Gasteiger partial charge in [0, 0.05) is 13.1 Å². The summed E-state index contributed by atoms with van der Waals surface area (Å²) in [5.41, 5.74) is 3.34. The Bertz CT molecular complexity index is 762. The van der Waals surface area contributed by atoms with E-state index in [1.807, 2.05) is 44.2 Å². The minimum Gasteiger partial charge on any atom is -0.491 e. The molecule has 144 valence electrons. The van der Waals surface area contributed by atoms with Gasteiger partial charge in [-0.05, 0) is 55.8 Å².